The normalized spacial score (nSPS) is 10.4. The molecule has 1 rings (SSSR count). The summed E-state index contributed by atoms with van der Waals surface area (Å²) in [6, 6.07) is 5.97. The molecule has 0 heterocycles. The zero-order valence-electron chi connectivity index (χ0n) is 13.8. The molecule has 1 amide bonds. The van der Waals surface area contributed by atoms with Gasteiger partial charge in [-0.3, -0.25) is 4.79 Å². The fraction of sp³-hybridized carbons (Fsp3) is 0.611. The van der Waals surface area contributed by atoms with E-state index < -0.39 is 0 Å². The van der Waals surface area contributed by atoms with Crippen LogP contribution in [0.5, 0.6) is 0 Å². The molecule has 0 radical (unpaired) electrons. The molecule has 0 atom stereocenters. The monoisotopic (exact) mass is 290 g/mol. The highest BCUT2D eigenvalue weighted by atomic mass is 16.1. The quantitative estimate of drug-likeness (QED) is 0.622. The minimum atomic E-state index is 0.0307. The number of amides is 1. The predicted octanol–water partition coefficient (Wildman–Crippen LogP) is 4.52. The zero-order chi connectivity index (χ0) is 15.5. The van der Waals surface area contributed by atoms with Gasteiger partial charge in [0.2, 0.25) is 0 Å². The molecule has 3 heteroatoms. The molecular formula is C18H30N2O. The Morgan fingerprint density at radius 2 is 1.76 bits per heavy atom. The number of aryl methyl sites for hydroxylation is 1. The number of hydrogen-bond donors (Lipinski definition) is 2. The molecule has 1 aromatic rings. The molecule has 0 unspecified atom stereocenters. The van der Waals surface area contributed by atoms with E-state index in [1.807, 2.05) is 32.0 Å². The van der Waals surface area contributed by atoms with Crippen LogP contribution in [0.4, 0.5) is 5.69 Å². The van der Waals surface area contributed by atoms with Crippen LogP contribution in [0.3, 0.4) is 0 Å². The van der Waals surface area contributed by atoms with Crippen molar-refractivity contribution in [2.75, 3.05) is 18.4 Å². The Kier molecular flexibility index (Phi) is 8.56. The first-order valence-electron chi connectivity index (χ1n) is 8.31. The van der Waals surface area contributed by atoms with Gasteiger partial charge in [0.1, 0.15) is 0 Å². The number of rotatable bonds is 10. The summed E-state index contributed by atoms with van der Waals surface area (Å²) < 4.78 is 0. The number of benzene rings is 1. The molecule has 0 aromatic heterocycles. The summed E-state index contributed by atoms with van der Waals surface area (Å²) in [6.07, 6.45) is 7.45. The van der Waals surface area contributed by atoms with E-state index in [0.29, 0.717) is 0 Å². The lowest BCUT2D eigenvalue weighted by molar-refractivity contribution is 0.0953. The second kappa shape index (κ2) is 10.3. The van der Waals surface area contributed by atoms with E-state index >= 15 is 0 Å². The molecule has 1 aromatic carbocycles. The number of carbonyl (C=O) groups excluding carboxylic acids is 1. The van der Waals surface area contributed by atoms with Crippen LogP contribution in [0.25, 0.3) is 0 Å². The molecule has 0 spiro atoms. The van der Waals surface area contributed by atoms with Crippen LogP contribution in [0.15, 0.2) is 18.2 Å². The first-order valence-corrected chi connectivity index (χ1v) is 8.31. The van der Waals surface area contributed by atoms with E-state index in [-0.39, 0.29) is 5.91 Å². The molecule has 0 aliphatic rings. The van der Waals surface area contributed by atoms with Crippen molar-refractivity contribution in [1.82, 2.24) is 5.32 Å². The van der Waals surface area contributed by atoms with E-state index in [4.69, 9.17) is 0 Å². The third-order valence-electron chi connectivity index (χ3n) is 3.60. The van der Waals surface area contributed by atoms with Gasteiger partial charge in [-0.15, -0.1) is 0 Å². The van der Waals surface area contributed by atoms with E-state index in [0.717, 1.165) is 36.3 Å². The van der Waals surface area contributed by atoms with Crippen molar-refractivity contribution >= 4 is 11.6 Å². The van der Waals surface area contributed by atoms with Gasteiger partial charge in [0.15, 0.2) is 0 Å². The fourth-order valence-electron chi connectivity index (χ4n) is 2.39. The Bertz CT molecular complexity index is 429. The van der Waals surface area contributed by atoms with Crippen LogP contribution in [0, 0.1) is 6.92 Å². The van der Waals surface area contributed by atoms with Crippen LogP contribution in [-0.2, 0) is 0 Å². The lowest BCUT2D eigenvalue weighted by Crippen LogP contribution is -2.25. The van der Waals surface area contributed by atoms with Crippen molar-refractivity contribution < 1.29 is 4.79 Å². The summed E-state index contributed by atoms with van der Waals surface area (Å²) >= 11 is 0. The van der Waals surface area contributed by atoms with Crippen molar-refractivity contribution in [2.45, 2.75) is 59.3 Å². The Hall–Kier alpha value is -1.51. The fourth-order valence-corrected chi connectivity index (χ4v) is 2.39. The first kappa shape index (κ1) is 17.5. The first-order chi connectivity index (χ1) is 10.2. The van der Waals surface area contributed by atoms with Gasteiger partial charge in [0, 0.05) is 18.8 Å². The lowest BCUT2D eigenvalue weighted by Gasteiger charge is -2.12. The van der Waals surface area contributed by atoms with Gasteiger partial charge in [-0.2, -0.15) is 0 Å². The van der Waals surface area contributed by atoms with Gasteiger partial charge in [0.25, 0.3) is 5.91 Å². The second-order valence-corrected chi connectivity index (χ2v) is 5.60. The summed E-state index contributed by atoms with van der Waals surface area (Å²) in [5.41, 5.74) is 2.78. The summed E-state index contributed by atoms with van der Waals surface area (Å²) in [4.78, 5) is 12.3. The standard InChI is InChI=1S/C18H30N2O/c1-4-6-7-8-9-10-13-20-18(21)16-14-15(3)11-12-17(16)19-5-2/h11-12,14,19H,4-10,13H2,1-3H3,(H,20,21). The van der Waals surface area contributed by atoms with Gasteiger partial charge in [-0.05, 0) is 32.4 Å². The SMILES string of the molecule is CCCCCCCCNC(=O)c1cc(C)ccc1NCC. The highest BCUT2D eigenvalue weighted by molar-refractivity contribution is 5.99. The summed E-state index contributed by atoms with van der Waals surface area (Å²) in [6.45, 7) is 7.87. The largest absolute Gasteiger partial charge is 0.385 e. The third-order valence-corrected chi connectivity index (χ3v) is 3.60. The highest BCUT2D eigenvalue weighted by Gasteiger charge is 2.10. The smallest absolute Gasteiger partial charge is 0.253 e. The average molecular weight is 290 g/mol. The average Bonchev–Trinajstić information content (AvgIpc) is 2.48. The van der Waals surface area contributed by atoms with Crippen LogP contribution >= 0.6 is 0 Å². The van der Waals surface area contributed by atoms with Crippen LogP contribution in [0.1, 0.15) is 68.3 Å². The summed E-state index contributed by atoms with van der Waals surface area (Å²) in [7, 11) is 0. The summed E-state index contributed by atoms with van der Waals surface area (Å²) in [5, 5.41) is 6.29. The molecule has 0 aliphatic heterocycles. The van der Waals surface area contributed by atoms with Crippen LogP contribution < -0.4 is 10.6 Å². The van der Waals surface area contributed by atoms with E-state index in [1.165, 1.54) is 32.1 Å². The number of nitrogens with one attached hydrogen (secondary N) is 2. The molecule has 21 heavy (non-hydrogen) atoms. The lowest BCUT2D eigenvalue weighted by atomic mass is 10.1. The zero-order valence-corrected chi connectivity index (χ0v) is 13.8. The van der Waals surface area contributed by atoms with E-state index in [9.17, 15) is 4.79 Å². The van der Waals surface area contributed by atoms with Gasteiger partial charge in [-0.1, -0.05) is 50.7 Å². The molecule has 0 saturated heterocycles. The second-order valence-electron chi connectivity index (χ2n) is 5.60. The molecular weight excluding hydrogens is 260 g/mol. The Balaban J connectivity index is 2.39. The van der Waals surface area contributed by atoms with Gasteiger partial charge >= 0.3 is 0 Å². The van der Waals surface area contributed by atoms with Crippen LogP contribution in [0.2, 0.25) is 0 Å². The minimum absolute atomic E-state index is 0.0307. The van der Waals surface area contributed by atoms with Crippen LogP contribution in [-0.4, -0.2) is 19.0 Å². The molecule has 2 N–H and O–H groups in total. The Labute approximate surface area is 129 Å². The van der Waals surface area contributed by atoms with Crippen molar-refractivity contribution in [2.24, 2.45) is 0 Å². The van der Waals surface area contributed by atoms with Crippen molar-refractivity contribution in [1.29, 1.82) is 0 Å². The predicted molar refractivity (Wildman–Crippen MR) is 91.1 cm³/mol. The maximum atomic E-state index is 12.3. The third kappa shape index (κ3) is 6.65. The molecule has 0 saturated carbocycles. The number of carbonyl (C=O) groups is 1. The van der Waals surface area contributed by atoms with Gasteiger partial charge in [-0.25, -0.2) is 0 Å². The van der Waals surface area contributed by atoms with Crippen molar-refractivity contribution in [3.05, 3.63) is 29.3 Å². The maximum absolute atomic E-state index is 12.3. The minimum Gasteiger partial charge on any atom is -0.385 e. The highest BCUT2D eigenvalue weighted by Crippen LogP contribution is 2.17. The Morgan fingerprint density at radius 1 is 1.05 bits per heavy atom. The van der Waals surface area contributed by atoms with E-state index in [2.05, 4.69) is 17.6 Å². The molecule has 118 valence electrons. The number of unbranched alkanes of at least 4 members (excludes halogenated alkanes) is 5. The number of hydrogen-bond acceptors (Lipinski definition) is 2. The summed E-state index contributed by atoms with van der Waals surface area (Å²) in [5.74, 6) is 0.0307. The number of anilines is 1. The molecule has 0 fully saturated rings. The molecule has 0 aliphatic carbocycles. The molecule has 0 bridgehead atoms. The van der Waals surface area contributed by atoms with Crippen molar-refractivity contribution in [3.8, 4) is 0 Å². The van der Waals surface area contributed by atoms with Gasteiger partial charge in [0.05, 0.1) is 5.56 Å². The Morgan fingerprint density at radius 3 is 2.48 bits per heavy atom. The topological polar surface area (TPSA) is 41.1 Å². The van der Waals surface area contributed by atoms with Crippen molar-refractivity contribution in [3.63, 3.8) is 0 Å². The molecule has 3 nitrogen and oxygen atoms in total. The van der Waals surface area contributed by atoms with Gasteiger partial charge < -0.3 is 10.6 Å². The van der Waals surface area contributed by atoms with E-state index in [1.54, 1.807) is 0 Å². The maximum Gasteiger partial charge on any atom is 0.253 e.